The highest BCUT2D eigenvalue weighted by atomic mass is 16.3. The average molecular weight is 268 g/mol. The average Bonchev–Trinajstić information content (AvgIpc) is 2.78. The van der Waals surface area contributed by atoms with Gasteiger partial charge in [0.05, 0.1) is 6.04 Å². The zero-order chi connectivity index (χ0) is 13.9. The number of hydrogen-bond donors (Lipinski definition) is 1. The van der Waals surface area contributed by atoms with Gasteiger partial charge in [0, 0.05) is 25.4 Å². The van der Waals surface area contributed by atoms with E-state index in [4.69, 9.17) is 0 Å². The molecule has 1 aliphatic rings. The molecule has 2 aromatic rings. The molecule has 1 aromatic heterocycles. The van der Waals surface area contributed by atoms with E-state index in [0.717, 1.165) is 11.1 Å². The molecule has 2 heterocycles. The summed E-state index contributed by atoms with van der Waals surface area (Å²) in [6.07, 6.45) is 2.98. The van der Waals surface area contributed by atoms with Crippen LogP contribution in [-0.2, 0) is 11.3 Å². The zero-order valence-electron chi connectivity index (χ0n) is 11.0. The van der Waals surface area contributed by atoms with Gasteiger partial charge in [-0.1, -0.05) is 36.4 Å². The van der Waals surface area contributed by atoms with E-state index in [1.54, 1.807) is 17.3 Å². The summed E-state index contributed by atoms with van der Waals surface area (Å²) in [4.78, 5) is 18.0. The number of aliphatic hydroxyl groups is 1. The van der Waals surface area contributed by atoms with Crippen molar-refractivity contribution in [3.05, 3.63) is 66.0 Å². The highest BCUT2D eigenvalue weighted by Crippen LogP contribution is 2.33. The van der Waals surface area contributed by atoms with Gasteiger partial charge in [-0.2, -0.15) is 0 Å². The molecule has 1 aliphatic heterocycles. The van der Waals surface area contributed by atoms with E-state index in [-0.39, 0.29) is 11.9 Å². The first-order chi connectivity index (χ1) is 9.75. The number of nitrogens with zero attached hydrogens (tertiary/aromatic N) is 2. The number of aliphatic hydroxyl groups excluding tert-OH is 1. The Labute approximate surface area is 117 Å². The number of benzene rings is 1. The van der Waals surface area contributed by atoms with Crippen molar-refractivity contribution < 1.29 is 9.90 Å². The van der Waals surface area contributed by atoms with Gasteiger partial charge in [-0.05, 0) is 17.2 Å². The van der Waals surface area contributed by atoms with Crippen molar-refractivity contribution in [3.63, 3.8) is 0 Å². The summed E-state index contributed by atoms with van der Waals surface area (Å²) in [5, 5.41) is 9.87. The van der Waals surface area contributed by atoms with Gasteiger partial charge in [0.15, 0.2) is 0 Å². The Hall–Kier alpha value is -2.20. The maximum absolute atomic E-state index is 12.1. The molecule has 1 N–H and O–H groups in total. The van der Waals surface area contributed by atoms with E-state index < -0.39 is 6.10 Å². The van der Waals surface area contributed by atoms with Crippen LogP contribution in [0.15, 0.2) is 54.9 Å². The standard InChI is InChI=1S/C16H16N2O2/c19-15-9-14(13-7-4-8-17-10-13)18(16(15)20)11-12-5-2-1-3-6-12/h1-8,10,14-15,19H,9,11H2/t14-,15+/m1/s1. The third-order valence-corrected chi connectivity index (χ3v) is 3.66. The molecule has 1 saturated heterocycles. The maximum atomic E-state index is 12.1. The molecule has 4 heteroatoms. The number of carbonyl (C=O) groups excluding carboxylic acids is 1. The fraction of sp³-hybridized carbons (Fsp3) is 0.250. The molecule has 4 nitrogen and oxygen atoms in total. The first-order valence-electron chi connectivity index (χ1n) is 6.68. The van der Waals surface area contributed by atoms with E-state index in [9.17, 15) is 9.90 Å². The van der Waals surface area contributed by atoms with Crippen molar-refractivity contribution in [1.82, 2.24) is 9.88 Å². The fourth-order valence-electron chi connectivity index (χ4n) is 2.64. The lowest BCUT2D eigenvalue weighted by atomic mass is 10.1. The van der Waals surface area contributed by atoms with Crippen molar-refractivity contribution in [3.8, 4) is 0 Å². The summed E-state index contributed by atoms with van der Waals surface area (Å²) in [7, 11) is 0. The molecular formula is C16H16N2O2. The third kappa shape index (κ3) is 2.42. The van der Waals surface area contributed by atoms with Crippen LogP contribution in [-0.4, -0.2) is 27.0 Å². The topological polar surface area (TPSA) is 53.4 Å². The van der Waals surface area contributed by atoms with Crippen LogP contribution < -0.4 is 0 Å². The van der Waals surface area contributed by atoms with E-state index in [2.05, 4.69) is 4.98 Å². The van der Waals surface area contributed by atoms with Crippen LogP contribution in [0, 0.1) is 0 Å². The quantitative estimate of drug-likeness (QED) is 0.925. The Morgan fingerprint density at radius 1 is 1.20 bits per heavy atom. The predicted octanol–water partition coefficient (Wildman–Crippen LogP) is 1.92. The van der Waals surface area contributed by atoms with Crippen molar-refractivity contribution in [1.29, 1.82) is 0 Å². The van der Waals surface area contributed by atoms with Crippen LogP contribution in [0.1, 0.15) is 23.6 Å². The normalized spacial score (nSPS) is 22.2. The minimum atomic E-state index is -0.913. The Morgan fingerprint density at radius 2 is 2.00 bits per heavy atom. The summed E-state index contributed by atoms with van der Waals surface area (Å²) in [6, 6.07) is 13.5. The molecule has 0 saturated carbocycles. The zero-order valence-corrected chi connectivity index (χ0v) is 11.0. The lowest BCUT2D eigenvalue weighted by Gasteiger charge is -2.24. The number of hydrogen-bond acceptors (Lipinski definition) is 3. The summed E-state index contributed by atoms with van der Waals surface area (Å²) < 4.78 is 0. The van der Waals surface area contributed by atoms with Crippen molar-refractivity contribution >= 4 is 5.91 Å². The fourth-order valence-corrected chi connectivity index (χ4v) is 2.64. The molecule has 0 bridgehead atoms. The molecule has 2 atom stereocenters. The minimum absolute atomic E-state index is 0.105. The minimum Gasteiger partial charge on any atom is -0.383 e. The molecule has 0 unspecified atom stereocenters. The number of amides is 1. The molecule has 1 amide bonds. The third-order valence-electron chi connectivity index (χ3n) is 3.66. The Balaban J connectivity index is 1.87. The van der Waals surface area contributed by atoms with Crippen LogP contribution in [0.5, 0.6) is 0 Å². The highest BCUT2D eigenvalue weighted by molar-refractivity contribution is 5.83. The molecule has 1 fully saturated rings. The van der Waals surface area contributed by atoms with Gasteiger partial charge in [-0.15, -0.1) is 0 Å². The van der Waals surface area contributed by atoms with Crippen LogP contribution >= 0.6 is 0 Å². The molecular weight excluding hydrogens is 252 g/mol. The van der Waals surface area contributed by atoms with E-state index >= 15 is 0 Å². The number of likely N-dealkylation sites (tertiary alicyclic amines) is 1. The van der Waals surface area contributed by atoms with Crippen molar-refractivity contribution in [2.75, 3.05) is 0 Å². The second kappa shape index (κ2) is 5.43. The number of aromatic nitrogens is 1. The second-order valence-corrected chi connectivity index (χ2v) is 5.01. The molecule has 1 aromatic carbocycles. The summed E-state index contributed by atoms with van der Waals surface area (Å²) >= 11 is 0. The Bertz CT molecular complexity index is 586. The van der Waals surface area contributed by atoms with Crippen LogP contribution in [0.2, 0.25) is 0 Å². The molecule has 0 spiro atoms. The van der Waals surface area contributed by atoms with Crippen molar-refractivity contribution in [2.45, 2.75) is 25.1 Å². The smallest absolute Gasteiger partial charge is 0.252 e. The van der Waals surface area contributed by atoms with E-state index in [1.807, 2.05) is 42.5 Å². The van der Waals surface area contributed by atoms with Crippen LogP contribution in [0.4, 0.5) is 0 Å². The van der Waals surface area contributed by atoms with Gasteiger partial charge in [0.25, 0.3) is 5.91 Å². The van der Waals surface area contributed by atoms with E-state index in [0.29, 0.717) is 13.0 Å². The first kappa shape index (κ1) is 12.8. The second-order valence-electron chi connectivity index (χ2n) is 5.01. The molecule has 0 radical (unpaired) electrons. The molecule has 0 aliphatic carbocycles. The lowest BCUT2D eigenvalue weighted by Crippen LogP contribution is -2.30. The highest BCUT2D eigenvalue weighted by Gasteiger charge is 2.39. The lowest BCUT2D eigenvalue weighted by molar-refractivity contribution is -0.135. The number of carbonyl (C=O) groups is 1. The number of pyridine rings is 1. The molecule has 102 valence electrons. The summed E-state index contributed by atoms with van der Waals surface area (Å²) in [6.45, 7) is 0.510. The monoisotopic (exact) mass is 268 g/mol. The van der Waals surface area contributed by atoms with Gasteiger partial charge in [-0.3, -0.25) is 9.78 Å². The Kier molecular flexibility index (Phi) is 3.48. The summed E-state index contributed by atoms with van der Waals surface area (Å²) in [5.41, 5.74) is 2.03. The Morgan fingerprint density at radius 3 is 2.70 bits per heavy atom. The van der Waals surface area contributed by atoms with Crippen LogP contribution in [0.25, 0.3) is 0 Å². The number of rotatable bonds is 3. The molecule has 3 rings (SSSR count). The largest absolute Gasteiger partial charge is 0.383 e. The van der Waals surface area contributed by atoms with Gasteiger partial charge < -0.3 is 10.0 Å². The maximum Gasteiger partial charge on any atom is 0.252 e. The van der Waals surface area contributed by atoms with Gasteiger partial charge >= 0.3 is 0 Å². The SMILES string of the molecule is O=C1[C@@H](O)C[C@H](c2cccnc2)N1Cc1ccccc1. The molecule has 20 heavy (non-hydrogen) atoms. The van der Waals surface area contributed by atoms with Crippen molar-refractivity contribution in [2.24, 2.45) is 0 Å². The van der Waals surface area contributed by atoms with Gasteiger partial charge in [0.1, 0.15) is 6.10 Å². The van der Waals surface area contributed by atoms with Gasteiger partial charge in [0.2, 0.25) is 0 Å². The van der Waals surface area contributed by atoms with Crippen LogP contribution in [0.3, 0.4) is 0 Å². The predicted molar refractivity (Wildman–Crippen MR) is 74.6 cm³/mol. The summed E-state index contributed by atoms with van der Waals surface area (Å²) in [5.74, 6) is -0.206. The first-order valence-corrected chi connectivity index (χ1v) is 6.68. The van der Waals surface area contributed by atoms with E-state index in [1.165, 1.54) is 0 Å². The van der Waals surface area contributed by atoms with Gasteiger partial charge in [-0.25, -0.2) is 0 Å².